The van der Waals surface area contributed by atoms with E-state index in [4.69, 9.17) is 24.1 Å². The van der Waals surface area contributed by atoms with Crippen molar-refractivity contribution in [1.29, 1.82) is 0 Å². The van der Waals surface area contributed by atoms with Crippen LogP contribution < -0.4 is 5.73 Å². The normalized spacial score (nSPS) is 11.3. The molecule has 5 aromatic heterocycles. The molecule has 5 rings (SSSR count). The number of rotatable bonds is 6. The van der Waals surface area contributed by atoms with E-state index in [-0.39, 0.29) is 36.1 Å². The molecule has 5 heterocycles. The Hall–Kier alpha value is -4.32. The van der Waals surface area contributed by atoms with Crippen molar-refractivity contribution >= 4 is 50.4 Å². The number of hydrogen-bond donors (Lipinski definition) is 1. The molecule has 0 aliphatic rings. The Balaban J connectivity index is 1.45. The summed E-state index contributed by atoms with van der Waals surface area (Å²) in [5.41, 5.74) is 8.08. The predicted octanol–water partition coefficient (Wildman–Crippen LogP) is 4.22. The van der Waals surface area contributed by atoms with E-state index in [0.29, 0.717) is 43.2 Å². The van der Waals surface area contributed by atoms with Crippen LogP contribution in [0.25, 0.3) is 32.8 Å². The van der Waals surface area contributed by atoms with Crippen molar-refractivity contribution in [3.05, 3.63) is 52.0 Å². The van der Waals surface area contributed by atoms with Crippen LogP contribution in [0.2, 0.25) is 0 Å². The molecule has 0 unspecified atom stereocenters. The molecule has 0 saturated heterocycles. The number of nitrogens with two attached hydrogens (primary N) is 1. The van der Waals surface area contributed by atoms with Gasteiger partial charge in [0.2, 0.25) is 0 Å². The zero-order valence-electron chi connectivity index (χ0n) is 18.9. The van der Waals surface area contributed by atoms with E-state index in [1.807, 2.05) is 0 Å². The van der Waals surface area contributed by atoms with Crippen molar-refractivity contribution in [2.75, 3.05) is 12.3 Å². The minimum Gasteiger partial charge on any atom is -0.463 e. The van der Waals surface area contributed by atoms with Gasteiger partial charge in [-0.1, -0.05) is 5.16 Å². The van der Waals surface area contributed by atoms with E-state index in [2.05, 4.69) is 20.1 Å². The molecule has 0 radical (unpaired) electrons. The first-order valence-electron chi connectivity index (χ1n) is 10.6. The number of aromatic nitrogens is 4. The number of aryl methyl sites for hydroxylation is 2. The first-order valence-corrected chi connectivity index (χ1v) is 11.4. The second kappa shape index (κ2) is 8.80. The molecule has 12 heteroatoms. The van der Waals surface area contributed by atoms with Crippen molar-refractivity contribution in [3.8, 4) is 11.5 Å². The SMILES string of the molecule is CCOC(=O)c1sc2nc(COC(=O)c3cc(-c4ccco4)nc4onc(C)c34)nc(N)c2c1C. The van der Waals surface area contributed by atoms with Crippen LogP contribution in [0.15, 0.2) is 33.4 Å². The van der Waals surface area contributed by atoms with Crippen LogP contribution in [0.4, 0.5) is 5.82 Å². The number of fused-ring (bicyclic) bond motifs is 2. The van der Waals surface area contributed by atoms with Crippen LogP contribution >= 0.6 is 11.3 Å². The highest BCUT2D eigenvalue weighted by molar-refractivity contribution is 7.20. The first-order chi connectivity index (χ1) is 16.9. The molecule has 5 aromatic rings. The second-order valence-electron chi connectivity index (χ2n) is 7.54. The van der Waals surface area contributed by atoms with Gasteiger partial charge in [-0.15, -0.1) is 11.3 Å². The zero-order valence-corrected chi connectivity index (χ0v) is 19.8. The average Bonchev–Trinajstić information content (AvgIpc) is 3.57. The van der Waals surface area contributed by atoms with Gasteiger partial charge in [-0.3, -0.25) is 0 Å². The van der Waals surface area contributed by atoms with Gasteiger partial charge < -0.3 is 24.1 Å². The van der Waals surface area contributed by atoms with Crippen molar-refractivity contribution in [1.82, 2.24) is 20.1 Å². The molecule has 0 atom stereocenters. The van der Waals surface area contributed by atoms with E-state index in [1.54, 1.807) is 39.0 Å². The number of pyridine rings is 1. The molecular formula is C23H19N5O6S. The van der Waals surface area contributed by atoms with Crippen LogP contribution in [-0.2, 0) is 16.1 Å². The standard InChI is InChI=1S/C23H19N5O6S/c1-4-31-23(30)18-10(2)16-19(24)26-15(27-21(16)35-18)9-33-22(29)12-8-13(14-6-5-7-32-14)25-20-17(12)11(3)28-34-20/h5-8H,4,9H2,1-3H3,(H2,24,26,27). The Morgan fingerprint density at radius 3 is 2.69 bits per heavy atom. The van der Waals surface area contributed by atoms with Gasteiger partial charge in [-0.2, -0.15) is 0 Å². The molecule has 178 valence electrons. The summed E-state index contributed by atoms with van der Waals surface area (Å²) < 4.78 is 21.3. The number of carbonyl (C=O) groups is 2. The van der Waals surface area contributed by atoms with Gasteiger partial charge in [-0.05, 0) is 44.5 Å². The maximum atomic E-state index is 13.1. The van der Waals surface area contributed by atoms with Gasteiger partial charge in [0.1, 0.15) is 21.2 Å². The summed E-state index contributed by atoms with van der Waals surface area (Å²) in [6.07, 6.45) is 1.50. The first kappa shape index (κ1) is 22.5. The van der Waals surface area contributed by atoms with Gasteiger partial charge in [0.25, 0.3) is 5.71 Å². The van der Waals surface area contributed by atoms with Crippen LogP contribution in [-0.4, -0.2) is 38.7 Å². The van der Waals surface area contributed by atoms with Gasteiger partial charge in [0.05, 0.1) is 34.9 Å². The summed E-state index contributed by atoms with van der Waals surface area (Å²) in [5.74, 6) is -0.251. The fourth-order valence-corrected chi connectivity index (χ4v) is 4.79. The number of nitrogen functional groups attached to an aromatic ring is 1. The molecule has 2 N–H and O–H groups in total. The number of furan rings is 1. The second-order valence-corrected chi connectivity index (χ2v) is 8.54. The van der Waals surface area contributed by atoms with Gasteiger partial charge in [0.15, 0.2) is 18.2 Å². The Morgan fingerprint density at radius 2 is 1.94 bits per heavy atom. The van der Waals surface area contributed by atoms with Crippen molar-refractivity contribution in [2.24, 2.45) is 0 Å². The lowest BCUT2D eigenvalue weighted by atomic mass is 10.1. The number of esters is 2. The van der Waals surface area contributed by atoms with Crippen LogP contribution in [0.5, 0.6) is 0 Å². The number of ether oxygens (including phenoxy) is 2. The van der Waals surface area contributed by atoms with E-state index < -0.39 is 11.9 Å². The Morgan fingerprint density at radius 1 is 1.11 bits per heavy atom. The summed E-state index contributed by atoms with van der Waals surface area (Å²) in [5, 5.41) is 4.92. The summed E-state index contributed by atoms with van der Waals surface area (Å²) in [4.78, 5) is 39.3. The third kappa shape index (κ3) is 3.97. The largest absolute Gasteiger partial charge is 0.463 e. The van der Waals surface area contributed by atoms with Gasteiger partial charge in [0, 0.05) is 0 Å². The topological polar surface area (TPSA) is 156 Å². The van der Waals surface area contributed by atoms with Gasteiger partial charge in [-0.25, -0.2) is 24.5 Å². The summed E-state index contributed by atoms with van der Waals surface area (Å²) in [6, 6.07) is 4.98. The lowest BCUT2D eigenvalue weighted by molar-refractivity contribution is 0.0464. The monoisotopic (exact) mass is 493 g/mol. The van der Waals surface area contributed by atoms with Crippen LogP contribution in [0.1, 0.15) is 44.0 Å². The van der Waals surface area contributed by atoms with E-state index in [0.717, 1.165) is 11.3 Å². The molecule has 0 saturated carbocycles. The molecule has 0 fully saturated rings. The number of carbonyl (C=O) groups excluding carboxylic acids is 2. The highest BCUT2D eigenvalue weighted by Crippen LogP contribution is 2.33. The molecule has 35 heavy (non-hydrogen) atoms. The number of anilines is 1. The Labute approximate surface area is 201 Å². The fraction of sp³-hybridized carbons (Fsp3) is 0.217. The van der Waals surface area contributed by atoms with Crippen molar-refractivity contribution in [3.63, 3.8) is 0 Å². The van der Waals surface area contributed by atoms with Gasteiger partial charge >= 0.3 is 11.9 Å². The quantitative estimate of drug-likeness (QED) is 0.338. The van der Waals surface area contributed by atoms with Crippen molar-refractivity contribution in [2.45, 2.75) is 27.4 Å². The fourth-order valence-electron chi connectivity index (χ4n) is 3.69. The lowest BCUT2D eigenvalue weighted by Gasteiger charge is -2.07. The highest BCUT2D eigenvalue weighted by Gasteiger charge is 2.23. The molecule has 0 spiro atoms. The van der Waals surface area contributed by atoms with E-state index in [9.17, 15) is 9.59 Å². The third-order valence-corrected chi connectivity index (χ3v) is 6.43. The molecular weight excluding hydrogens is 474 g/mol. The predicted molar refractivity (Wildman–Crippen MR) is 126 cm³/mol. The highest BCUT2D eigenvalue weighted by atomic mass is 32.1. The zero-order chi connectivity index (χ0) is 24.7. The van der Waals surface area contributed by atoms with Crippen molar-refractivity contribution < 1.29 is 28.0 Å². The molecule has 0 aliphatic heterocycles. The maximum Gasteiger partial charge on any atom is 0.348 e. The minimum atomic E-state index is -0.645. The summed E-state index contributed by atoms with van der Waals surface area (Å²) in [6.45, 7) is 5.21. The minimum absolute atomic E-state index is 0.186. The third-order valence-electron chi connectivity index (χ3n) is 5.27. The lowest BCUT2D eigenvalue weighted by Crippen LogP contribution is -2.10. The average molecular weight is 494 g/mol. The molecule has 0 aliphatic carbocycles. The van der Waals surface area contributed by atoms with E-state index >= 15 is 0 Å². The Bertz CT molecular complexity index is 1590. The number of thiophene rings is 1. The summed E-state index contributed by atoms with van der Waals surface area (Å²) in [7, 11) is 0. The smallest absolute Gasteiger partial charge is 0.348 e. The molecule has 11 nitrogen and oxygen atoms in total. The van der Waals surface area contributed by atoms with E-state index in [1.165, 1.54) is 6.26 Å². The molecule has 0 amide bonds. The Kier molecular flexibility index (Phi) is 5.65. The maximum absolute atomic E-state index is 13.1. The number of hydrogen-bond acceptors (Lipinski definition) is 12. The molecule has 0 bridgehead atoms. The number of nitrogens with zero attached hydrogens (tertiary/aromatic N) is 4. The van der Waals surface area contributed by atoms with Crippen LogP contribution in [0, 0.1) is 13.8 Å². The van der Waals surface area contributed by atoms with Crippen LogP contribution in [0.3, 0.4) is 0 Å². The summed E-state index contributed by atoms with van der Waals surface area (Å²) >= 11 is 1.15. The molecule has 0 aromatic carbocycles.